The van der Waals surface area contributed by atoms with Gasteiger partial charge in [0.25, 0.3) is 5.72 Å². The molecule has 0 fully saturated rings. The summed E-state index contributed by atoms with van der Waals surface area (Å²) in [6.07, 6.45) is -5.86. The number of hydrazone groups is 1. The van der Waals surface area contributed by atoms with E-state index < -0.39 is 30.1 Å². The topological polar surface area (TPSA) is 62.1 Å². The standard InChI is InChI=1S/C15H17F3N2O3/c1-9(2)13(21)20-14(22,15(16,17)18)8-12(19-20)10-5-4-6-11(7-10)23-3/h4-7,9,22H,8H2,1-3H3. The molecule has 0 bridgehead atoms. The van der Waals surface area contributed by atoms with Crippen LogP contribution in [0.3, 0.4) is 0 Å². The highest BCUT2D eigenvalue weighted by Crippen LogP contribution is 2.42. The second-order valence-corrected chi connectivity index (χ2v) is 5.57. The van der Waals surface area contributed by atoms with Gasteiger partial charge in [-0.15, -0.1) is 0 Å². The molecule has 2 rings (SSSR count). The lowest BCUT2D eigenvalue weighted by atomic mass is 10.00. The number of methoxy groups -OCH3 is 1. The lowest BCUT2D eigenvalue weighted by Gasteiger charge is -2.33. The van der Waals surface area contributed by atoms with Gasteiger partial charge < -0.3 is 9.84 Å². The third-order valence-corrected chi connectivity index (χ3v) is 3.54. The molecule has 1 heterocycles. The van der Waals surface area contributed by atoms with Crippen molar-refractivity contribution in [1.82, 2.24) is 5.01 Å². The molecular formula is C15H17F3N2O3. The summed E-state index contributed by atoms with van der Waals surface area (Å²) in [7, 11) is 1.43. The van der Waals surface area contributed by atoms with E-state index in [1.165, 1.54) is 27.0 Å². The predicted octanol–water partition coefficient (Wildman–Crippen LogP) is 2.54. The molecule has 0 radical (unpaired) electrons. The molecule has 1 atom stereocenters. The highest BCUT2D eigenvalue weighted by Gasteiger charge is 2.63. The minimum absolute atomic E-state index is 0.0299. The Morgan fingerprint density at radius 2 is 2.09 bits per heavy atom. The fourth-order valence-electron chi connectivity index (χ4n) is 2.21. The molecular weight excluding hydrogens is 313 g/mol. The molecule has 1 N–H and O–H groups in total. The molecule has 1 unspecified atom stereocenters. The molecule has 1 aliphatic heterocycles. The maximum atomic E-state index is 13.3. The number of hydrogen-bond donors (Lipinski definition) is 1. The van der Waals surface area contributed by atoms with Crippen molar-refractivity contribution in [1.29, 1.82) is 0 Å². The molecule has 0 spiro atoms. The zero-order valence-electron chi connectivity index (χ0n) is 12.9. The number of carbonyl (C=O) groups is 1. The Morgan fingerprint density at radius 1 is 1.43 bits per heavy atom. The molecule has 0 saturated carbocycles. The average molecular weight is 330 g/mol. The Morgan fingerprint density at radius 3 is 2.61 bits per heavy atom. The van der Waals surface area contributed by atoms with Gasteiger partial charge >= 0.3 is 6.18 Å². The molecule has 5 nitrogen and oxygen atoms in total. The van der Waals surface area contributed by atoms with E-state index in [2.05, 4.69) is 5.10 Å². The van der Waals surface area contributed by atoms with Crippen LogP contribution in [-0.4, -0.2) is 40.7 Å². The minimum atomic E-state index is -5.03. The van der Waals surface area contributed by atoms with Crippen molar-refractivity contribution in [2.45, 2.75) is 32.2 Å². The van der Waals surface area contributed by atoms with Crippen molar-refractivity contribution in [3.05, 3.63) is 29.8 Å². The number of benzene rings is 1. The Bertz CT molecular complexity index is 643. The SMILES string of the molecule is COc1cccc(C2=NN(C(=O)C(C)C)C(O)(C(F)(F)F)C2)c1. The van der Waals surface area contributed by atoms with Gasteiger partial charge in [0.1, 0.15) is 5.75 Å². The van der Waals surface area contributed by atoms with E-state index in [4.69, 9.17) is 4.74 Å². The van der Waals surface area contributed by atoms with Gasteiger partial charge in [0.15, 0.2) is 0 Å². The lowest BCUT2D eigenvalue weighted by Crippen LogP contribution is -2.57. The summed E-state index contributed by atoms with van der Waals surface area (Å²) >= 11 is 0. The maximum absolute atomic E-state index is 13.3. The summed E-state index contributed by atoms with van der Waals surface area (Å²) in [5.74, 6) is -1.20. The molecule has 1 aromatic carbocycles. The van der Waals surface area contributed by atoms with Gasteiger partial charge in [-0.3, -0.25) is 4.79 Å². The Kier molecular flexibility index (Phi) is 4.39. The number of hydrogen-bond acceptors (Lipinski definition) is 4. The fourth-order valence-corrected chi connectivity index (χ4v) is 2.21. The van der Waals surface area contributed by atoms with Crippen LogP contribution in [0.25, 0.3) is 0 Å². The summed E-state index contributed by atoms with van der Waals surface area (Å²) in [6, 6.07) is 6.27. The van der Waals surface area contributed by atoms with Crippen LogP contribution >= 0.6 is 0 Å². The molecule has 1 aliphatic rings. The first kappa shape index (κ1) is 17.3. The summed E-state index contributed by atoms with van der Waals surface area (Å²) in [4.78, 5) is 12.0. The smallest absolute Gasteiger partial charge is 0.438 e. The van der Waals surface area contributed by atoms with Gasteiger partial charge in [0, 0.05) is 11.5 Å². The van der Waals surface area contributed by atoms with Crippen LogP contribution in [0.15, 0.2) is 29.4 Å². The van der Waals surface area contributed by atoms with Crippen molar-refractivity contribution in [2.24, 2.45) is 11.0 Å². The van der Waals surface area contributed by atoms with Crippen molar-refractivity contribution < 1.29 is 27.8 Å². The Balaban J connectivity index is 2.47. The van der Waals surface area contributed by atoms with Gasteiger partial charge in [0.2, 0.25) is 5.91 Å². The van der Waals surface area contributed by atoms with Crippen LogP contribution in [0.2, 0.25) is 0 Å². The summed E-state index contributed by atoms with van der Waals surface area (Å²) in [5.41, 5.74) is -3.02. The first-order chi connectivity index (χ1) is 10.6. The monoisotopic (exact) mass is 330 g/mol. The van der Waals surface area contributed by atoms with Crippen molar-refractivity contribution in [3.8, 4) is 5.75 Å². The van der Waals surface area contributed by atoms with E-state index in [9.17, 15) is 23.1 Å². The number of amides is 1. The highest BCUT2D eigenvalue weighted by atomic mass is 19.4. The zero-order valence-corrected chi connectivity index (χ0v) is 12.9. The van der Waals surface area contributed by atoms with E-state index in [1.807, 2.05) is 0 Å². The summed E-state index contributed by atoms with van der Waals surface area (Å²) in [5, 5.41) is 14.0. The van der Waals surface area contributed by atoms with Crippen LogP contribution < -0.4 is 4.74 Å². The molecule has 1 aromatic rings. The molecule has 0 aliphatic carbocycles. The largest absolute Gasteiger partial charge is 0.497 e. The first-order valence-electron chi connectivity index (χ1n) is 6.95. The highest BCUT2D eigenvalue weighted by molar-refractivity contribution is 6.03. The third-order valence-electron chi connectivity index (χ3n) is 3.54. The van der Waals surface area contributed by atoms with E-state index in [0.29, 0.717) is 11.3 Å². The lowest BCUT2D eigenvalue weighted by molar-refractivity contribution is -0.303. The Hall–Kier alpha value is -2.09. The third kappa shape index (κ3) is 3.03. The van der Waals surface area contributed by atoms with Gasteiger partial charge in [-0.25, -0.2) is 0 Å². The van der Waals surface area contributed by atoms with Crippen LogP contribution in [-0.2, 0) is 4.79 Å². The average Bonchev–Trinajstić information content (AvgIpc) is 2.85. The van der Waals surface area contributed by atoms with E-state index in [0.717, 1.165) is 0 Å². The number of halogens is 3. The maximum Gasteiger partial charge on any atom is 0.438 e. The zero-order chi connectivity index (χ0) is 17.4. The number of nitrogens with zero attached hydrogens (tertiary/aromatic N) is 2. The van der Waals surface area contributed by atoms with Gasteiger partial charge in [0.05, 0.1) is 19.2 Å². The van der Waals surface area contributed by atoms with Gasteiger partial charge in [-0.05, 0) is 12.1 Å². The predicted molar refractivity (Wildman–Crippen MR) is 76.8 cm³/mol. The molecule has 23 heavy (non-hydrogen) atoms. The number of rotatable bonds is 3. The van der Waals surface area contributed by atoms with Crippen LogP contribution in [0, 0.1) is 5.92 Å². The van der Waals surface area contributed by atoms with Crippen molar-refractivity contribution >= 4 is 11.6 Å². The second-order valence-electron chi connectivity index (χ2n) is 5.57. The summed E-state index contributed by atoms with van der Waals surface area (Å²) < 4.78 is 45.0. The van der Waals surface area contributed by atoms with Crippen LogP contribution in [0.1, 0.15) is 25.8 Å². The number of alkyl halides is 3. The number of carbonyl (C=O) groups excluding carboxylic acids is 1. The summed E-state index contributed by atoms with van der Waals surface area (Å²) in [6.45, 7) is 2.89. The van der Waals surface area contributed by atoms with Crippen LogP contribution in [0.5, 0.6) is 5.75 Å². The molecule has 0 aromatic heterocycles. The van der Waals surface area contributed by atoms with E-state index >= 15 is 0 Å². The minimum Gasteiger partial charge on any atom is -0.497 e. The molecule has 126 valence electrons. The normalized spacial score (nSPS) is 21.6. The van der Waals surface area contributed by atoms with Crippen molar-refractivity contribution in [2.75, 3.05) is 7.11 Å². The fraction of sp³-hybridized carbons (Fsp3) is 0.467. The molecule has 1 amide bonds. The Labute approximate surface area is 131 Å². The quantitative estimate of drug-likeness (QED) is 0.926. The van der Waals surface area contributed by atoms with Gasteiger partial charge in [-0.2, -0.15) is 23.3 Å². The number of ether oxygens (including phenoxy) is 1. The first-order valence-corrected chi connectivity index (χ1v) is 6.95. The van der Waals surface area contributed by atoms with Crippen LogP contribution in [0.4, 0.5) is 13.2 Å². The van der Waals surface area contributed by atoms with Crippen molar-refractivity contribution in [3.63, 3.8) is 0 Å². The second kappa shape index (κ2) is 5.84. The molecule has 0 saturated heterocycles. The molecule has 8 heteroatoms. The van der Waals surface area contributed by atoms with Gasteiger partial charge in [-0.1, -0.05) is 26.0 Å². The number of aliphatic hydroxyl groups is 1. The van der Waals surface area contributed by atoms with E-state index in [1.54, 1.807) is 18.2 Å². The van der Waals surface area contributed by atoms with E-state index in [-0.39, 0.29) is 10.7 Å².